The Labute approximate surface area is 88.1 Å². The minimum atomic E-state index is 0.845. The number of thiophene rings is 1. The Bertz CT molecular complexity index is 266. The lowest BCUT2D eigenvalue weighted by atomic mass is 9.94. The van der Waals surface area contributed by atoms with Gasteiger partial charge in [-0.15, -0.1) is 11.3 Å². The minimum absolute atomic E-state index is 0.845. The van der Waals surface area contributed by atoms with Gasteiger partial charge in [-0.1, -0.05) is 11.6 Å². The predicted molar refractivity (Wildman–Crippen MR) is 58.6 cm³/mol. The van der Waals surface area contributed by atoms with Crippen molar-refractivity contribution >= 4 is 22.9 Å². The van der Waals surface area contributed by atoms with Crippen LogP contribution in [-0.4, -0.2) is 13.1 Å². The molecular weight excluding hydrogens is 202 g/mol. The molecule has 2 rings (SSSR count). The van der Waals surface area contributed by atoms with Crippen molar-refractivity contribution in [2.24, 2.45) is 5.92 Å². The van der Waals surface area contributed by atoms with Gasteiger partial charge in [0.1, 0.15) is 0 Å². The van der Waals surface area contributed by atoms with Crippen molar-refractivity contribution < 1.29 is 0 Å². The Balaban J connectivity index is 1.93. The first-order valence-electron chi connectivity index (χ1n) is 4.79. The van der Waals surface area contributed by atoms with E-state index in [-0.39, 0.29) is 0 Å². The molecule has 0 unspecified atom stereocenters. The Morgan fingerprint density at radius 2 is 2.23 bits per heavy atom. The summed E-state index contributed by atoms with van der Waals surface area (Å²) in [7, 11) is 0. The fourth-order valence-corrected chi connectivity index (χ4v) is 3.05. The predicted octanol–water partition coefficient (Wildman–Crippen LogP) is 2.94. The van der Waals surface area contributed by atoms with Gasteiger partial charge in [-0.25, -0.2) is 0 Å². The molecule has 1 aromatic rings. The molecule has 72 valence electrons. The summed E-state index contributed by atoms with van der Waals surface area (Å²) in [6, 6.07) is 2.00. The van der Waals surface area contributed by atoms with Crippen molar-refractivity contribution in [3.8, 4) is 0 Å². The fourth-order valence-electron chi connectivity index (χ4n) is 1.82. The van der Waals surface area contributed by atoms with Crippen molar-refractivity contribution in [1.82, 2.24) is 5.32 Å². The van der Waals surface area contributed by atoms with Gasteiger partial charge in [-0.2, -0.15) is 0 Å². The molecule has 1 fully saturated rings. The second kappa shape index (κ2) is 4.45. The molecule has 1 nitrogen and oxygen atoms in total. The number of nitrogens with one attached hydrogen (secondary N) is 1. The highest BCUT2D eigenvalue weighted by molar-refractivity contribution is 7.10. The molecule has 0 bridgehead atoms. The Morgan fingerprint density at radius 1 is 1.46 bits per heavy atom. The van der Waals surface area contributed by atoms with Gasteiger partial charge in [0.2, 0.25) is 0 Å². The summed E-state index contributed by atoms with van der Waals surface area (Å²) in [6.07, 6.45) is 3.78. The highest BCUT2D eigenvalue weighted by Crippen LogP contribution is 2.27. The molecule has 13 heavy (non-hydrogen) atoms. The van der Waals surface area contributed by atoms with Crippen LogP contribution in [0, 0.1) is 5.92 Å². The third kappa shape index (κ3) is 2.46. The topological polar surface area (TPSA) is 12.0 Å². The molecule has 0 spiro atoms. The normalized spacial score (nSPS) is 19.2. The van der Waals surface area contributed by atoms with Crippen LogP contribution < -0.4 is 5.32 Å². The molecule has 0 aromatic carbocycles. The van der Waals surface area contributed by atoms with Crippen LogP contribution in [0.3, 0.4) is 0 Å². The van der Waals surface area contributed by atoms with Crippen molar-refractivity contribution in [2.75, 3.05) is 13.1 Å². The van der Waals surface area contributed by atoms with E-state index in [4.69, 9.17) is 11.6 Å². The van der Waals surface area contributed by atoms with Gasteiger partial charge in [0.15, 0.2) is 0 Å². The van der Waals surface area contributed by atoms with E-state index in [1.165, 1.54) is 37.2 Å². The number of piperidine rings is 1. The second-order valence-electron chi connectivity index (χ2n) is 3.59. The Hall–Kier alpha value is -0.0500. The molecule has 1 aliphatic heterocycles. The molecule has 1 aromatic heterocycles. The van der Waals surface area contributed by atoms with E-state index in [1.54, 1.807) is 11.3 Å². The van der Waals surface area contributed by atoms with Crippen LogP contribution in [0.25, 0.3) is 0 Å². The van der Waals surface area contributed by atoms with Crippen LogP contribution in [0.4, 0.5) is 0 Å². The molecule has 3 heteroatoms. The summed E-state index contributed by atoms with van der Waals surface area (Å²) in [5.74, 6) is 0.845. The first-order chi connectivity index (χ1) is 6.36. The largest absolute Gasteiger partial charge is 0.317 e. The minimum Gasteiger partial charge on any atom is -0.317 e. The summed E-state index contributed by atoms with van der Waals surface area (Å²) in [4.78, 5) is 1.37. The molecule has 2 heterocycles. The monoisotopic (exact) mass is 215 g/mol. The molecule has 0 aliphatic carbocycles. The van der Waals surface area contributed by atoms with Crippen LogP contribution in [0.2, 0.25) is 5.02 Å². The Morgan fingerprint density at radius 3 is 2.85 bits per heavy atom. The molecular formula is C10H14ClNS. The zero-order chi connectivity index (χ0) is 9.10. The van der Waals surface area contributed by atoms with Gasteiger partial charge >= 0.3 is 0 Å². The van der Waals surface area contributed by atoms with Crippen LogP contribution >= 0.6 is 22.9 Å². The van der Waals surface area contributed by atoms with Crippen molar-refractivity contribution in [3.05, 3.63) is 21.3 Å². The quantitative estimate of drug-likeness (QED) is 0.800. The van der Waals surface area contributed by atoms with Gasteiger partial charge in [0.05, 0.1) is 5.02 Å². The van der Waals surface area contributed by atoms with E-state index in [0.717, 1.165) is 10.9 Å². The van der Waals surface area contributed by atoms with Crippen LogP contribution in [0.5, 0.6) is 0 Å². The van der Waals surface area contributed by atoms with Gasteiger partial charge in [0.25, 0.3) is 0 Å². The molecule has 1 N–H and O–H groups in total. The number of hydrogen-bond acceptors (Lipinski definition) is 2. The third-order valence-corrected chi connectivity index (χ3v) is 4.03. The lowest BCUT2D eigenvalue weighted by molar-refractivity contribution is 0.374. The highest BCUT2D eigenvalue weighted by atomic mass is 35.5. The smallest absolute Gasteiger partial charge is 0.0545 e. The summed E-state index contributed by atoms with van der Waals surface area (Å²) in [6.45, 7) is 2.35. The number of hydrogen-bond donors (Lipinski definition) is 1. The molecule has 0 amide bonds. The molecule has 0 atom stereocenters. The summed E-state index contributed by atoms with van der Waals surface area (Å²) in [5.41, 5.74) is 0. The van der Waals surface area contributed by atoms with E-state index in [2.05, 4.69) is 10.7 Å². The summed E-state index contributed by atoms with van der Waals surface area (Å²) in [5, 5.41) is 6.42. The first-order valence-corrected chi connectivity index (χ1v) is 6.04. The maximum absolute atomic E-state index is 6.05. The van der Waals surface area contributed by atoms with E-state index in [1.807, 2.05) is 6.07 Å². The molecule has 1 saturated heterocycles. The fraction of sp³-hybridized carbons (Fsp3) is 0.600. The standard InChI is InChI=1S/C10H14ClNS/c11-9-3-6-13-10(9)7-8-1-4-12-5-2-8/h3,6,8,12H,1-2,4-5,7H2. The molecule has 0 saturated carbocycles. The molecule has 0 radical (unpaired) electrons. The summed E-state index contributed by atoms with van der Waals surface area (Å²) >= 11 is 7.84. The average molecular weight is 216 g/mol. The maximum atomic E-state index is 6.05. The van der Waals surface area contributed by atoms with E-state index < -0.39 is 0 Å². The van der Waals surface area contributed by atoms with Crippen molar-refractivity contribution in [2.45, 2.75) is 19.3 Å². The number of rotatable bonds is 2. The van der Waals surface area contributed by atoms with E-state index in [9.17, 15) is 0 Å². The lowest BCUT2D eigenvalue weighted by Crippen LogP contribution is -2.28. The average Bonchev–Trinajstić information content (AvgIpc) is 2.54. The van der Waals surface area contributed by atoms with Crippen LogP contribution in [0.1, 0.15) is 17.7 Å². The van der Waals surface area contributed by atoms with E-state index >= 15 is 0 Å². The number of halogens is 1. The van der Waals surface area contributed by atoms with Gasteiger partial charge in [-0.3, -0.25) is 0 Å². The lowest BCUT2D eigenvalue weighted by Gasteiger charge is -2.21. The van der Waals surface area contributed by atoms with Crippen LogP contribution in [-0.2, 0) is 6.42 Å². The van der Waals surface area contributed by atoms with E-state index in [0.29, 0.717) is 0 Å². The second-order valence-corrected chi connectivity index (χ2v) is 5.00. The Kier molecular flexibility index (Phi) is 3.25. The molecule has 1 aliphatic rings. The highest BCUT2D eigenvalue weighted by Gasteiger charge is 2.15. The maximum Gasteiger partial charge on any atom is 0.0545 e. The zero-order valence-corrected chi connectivity index (χ0v) is 9.13. The van der Waals surface area contributed by atoms with Gasteiger partial charge in [0, 0.05) is 4.88 Å². The van der Waals surface area contributed by atoms with Gasteiger partial charge < -0.3 is 5.32 Å². The first kappa shape index (κ1) is 9.50. The van der Waals surface area contributed by atoms with Crippen molar-refractivity contribution in [1.29, 1.82) is 0 Å². The van der Waals surface area contributed by atoms with Crippen molar-refractivity contribution in [3.63, 3.8) is 0 Å². The van der Waals surface area contributed by atoms with Crippen LogP contribution in [0.15, 0.2) is 11.4 Å². The zero-order valence-electron chi connectivity index (χ0n) is 7.55. The third-order valence-electron chi connectivity index (χ3n) is 2.62. The summed E-state index contributed by atoms with van der Waals surface area (Å²) < 4.78 is 0. The SMILES string of the molecule is Clc1ccsc1CC1CCNCC1. The van der Waals surface area contributed by atoms with Gasteiger partial charge in [-0.05, 0) is 49.7 Å².